The predicted octanol–water partition coefficient (Wildman–Crippen LogP) is 1.93. The standard InChI is InChI=1S/C12H15BrN4O2S/c1-3-17-10(12(13)8(2)16-17)7-20(18,19)11-4-5-15-6-9(11)14/h4-6H,3,7,14H2,1-2H3. The quantitative estimate of drug-likeness (QED) is 0.901. The maximum Gasteiger partial charge on any atom is 0.186 e. The van der Waals surface area contributed by atoms with Crippen LogP contribution in [0.15, 0.2) is 27.8 Å². The van der Waals surface area contributed by atoms with Gasteiger partial charge in [0.1, 0.15) is 0 Å². The molecular weight excluding hydrogens is 344 g/mol. The number of hydrogen-bond acceptors (Lipinski definition) is 5. The maximum absolute atomic E-state index is 12.5. The van der Waals surface area contributed by atoms with Crippen molar-refractivity contribution in [1.29, 1.82) is 0 Å². The summed E-state index contributed by atoms with van der Waals surface area (Å²) in [6, 6.07) is 1.41. The molecule has 0 atom stereocenters. The lowest BCUT2D eigenvalue weighted by Crippen LogP contribution is -2.12. The largest absolute Gasteiger partial charge is 0.396 e. The molecule has 0 unspecified atom stereocenters. The third-order valence-corrected chi connectivity index (χ3v) is 5.65. The molecule has 20 heavy (non-hydrogen) atoms. The first-order valence-electron chi connectivity index (χ1n) is 6.00. The topological polar surface area (TPSA) is 90.9 Å². The third-order valence-electron chi connectivity index (χ3n) is 2.92. The Morgan fingerprint density at radius 1 is 1.45 bits per heavy atom. The van der Waals surface area contributed by atoms with Crippen molar-refractivity contribution in [2.75, 3.05) is 5.73 Å². The Morgan fingerprint density at radius 2 is 2.15 bits per heavy atom. The Kier molecular flexibility index (Phi) is 4.14. The van der Waals surface area contributed by atoms with E-state index in [2.05, 4.69) is 26.0 Å². The highest BCUT2D eigenvalue weighted by atomic mass is 79.9. The zero-order chi connectivity index (χ0) is 14.9. The summed E-state index contributed by atoms with van der Waals surface area (Å²) in [5.41, 5.74) is 7.24. The molecule has 0 aliphatic carbocycles. The van der Waals surface area contributed by atoms with Gasteiger partial charge in [-0.25, -0.2) is 8.42 Å². The molecule has 8 heteroatoms. The third kappa shape index (κ3) is 2.71. The Labute approximate surface area is 126 Å². The highest BCUT2D eigenvalue weighted by Crippen LogP contribution is 2.27. The highest BCUT2D eigenvalue weighted by molar-refractivity contribution is 9.10. The van der Waals surface area contributed by atoms with E-state index in [-0.39, 0.29) is 16.3 Å². The first-order chi connectivity index (χ1) is 9.36. The number of rotatable bonds is 4. The number of sulfone groups is 1. The summed E-state index contributed by atoms with van der Waals surface area (Å²) in [6.45, 7) is 4.34. The van der Waals surface area contributed by atoms with Crippen LogP contribution in [0.1, 0.15) is 18.3 Å². The molecule has 0 aromatic carbocycles. The van der Waals surface area contributed by atoms with Crippen LogP contribution in [0.25, 0.3) is 0 Å². The van der Waals surface area contributed by atoms with Crippen molar-refractivity contribution in [3.63, 3.8) is 0 Å². The molecule has 2 rings (SSSR count). The van der Waals surface area contributed by atoms with Gasteiger partial charge in [0.2, 0.25) is 0 Å². The van der Waals surface area contributed by atoms with E-state index in [1.54, 1.807) is 4.68 Å². The molecule has 2 N–H and O–H groups in total. The fraction of sp³-hybridized carbons (Fsp3) is 0.333. The van der Waals surface area contributed by atoms with E-state index in [1.807, 2.05) is 13.8 Å². The SMILES string of the molecule is CCn1nc(C)c(Br)c1CS(=O)(=O)c1ccncc1N. The average molecular weight is 359 g/mol. The minimum Gasteiger partial charge on any atom is -0.396 e. The molecule has 0 radical (unpaired) electrons. The Hall–Kier alpha value is -1.41. The van der Waals surface area contributed by atoms with E-state index >= 15 is 0 Å². The van der Waals surface area contributed by atoms with Gasteiger partial charge in [0, 0.05) is 12.7 Å². The monoisotopic (exact) mass is 358 g/mol. The van der Waals surface area contributed by atoms with E-state index in [0.29, 0.717) is 12.2 Å². The Balaban J connectivity index is 2.47. The number of nitrogens with zero attached hydrogens (tertiary/aromatic N) is 3. The number of hydrogen-bond donors (Lipinski definition) is 1. The predicted molar refractivity (Wildman–Crippen MR) is 79.9 cm³/mol. The van der Waals surface area contributed by atoms with Crippen molar-refractivity contribution in [2.24, 2.45) is 0 Å². The Bertz CT molecular complexity index is 740. The first kappa shape index (κ1) is 15.0. The van der Waals surface area contributed by atoms with Crippen molar-refractivity contribution >= 4 is 31.5 Å². The molecule has 0 spiro atoms. The summed E-state index contributed by atoms with van der Waals surface area (Å²) in [6.07, 6.45) is 2.75. The van der Waals surface area contributed by atoms with E-state index in [9.17, 15) is 8.42 Å². The van der Waals surface area contributed by atoms with Gasteiger partial charge in [-0.3, -0.25) is 9.67 Å². The Morgan fingerprint density at radius 3 is 2.75 bits per heavy atom. The lowest BCUT2D eigenvalue weighted by Gasteiger charge is -2.09. The second-order valence-corrected chi connectivity index (χ2v) is 7.09. The van der Waals surface area contributed by atoms with E-state index in [4.69, 9.17) is 5.73 Å². The molecular formula is C12H15BrN4O2S. The van der Waals surface area contributed by atoms with Crippen LogP contribution in [-0.2, 0) is 22.1 Å². The van der Waals surface area contributed by atoms with Gasteiger partial charge in [0.25, 0.3) is 0 Å². The summed E-state index contributed by atoms with van der Waals surface area (Å²) >= 11 is 3.39. The first-order valence-corrected chi connectivity index (χ1v) is 8.45. The van der Waals surface area contributed by atoms with Gasteiger partial charge in [0.15, 0.2) is 9.84 Å². The van der Waals surface area contributed by atoms with Gasteiger partial charge < -0.3 is 5.73 Å². The van der Waals surface area contributed by atoms with Crippen LogP contribution in [-0.4, -0.2) is 23.2 Å². The van der Waals surface area contributed by atoms with Gasteiger partial charge >= 0.3 is 0 Å². The molecule has 6 nitrogen and oxygen atoms in total. The fourth-order valence-electron chi connectivity index (χ4n) is 1.94. The van der Waals surface area contributed by atoms with Crippen LogP contribution in [0.4, 0.5) is 5.69 Å². The summed E-state index contributed by atoms with van der Waals surface area (Å²) in [5, 5.41) is 4.29. The highest BCUT2D eigenvalue weighted by Gasteiger charge is 2.23. The second-order valence-electron chi connectivity index (χ2n) is 4.33. The summed E-state index contributed by atoms with van der Waals surface area (Å²) in [7, 11) is -3.54. The van der Waals surface area contributed by atoms with E-state index < -0.39 is 9.84 Å². The molecule has 0 aliphatic heterocycles. The number of halogens is 1. The van der Waals surface area contributed by atoms with Crippen molar-refractivity contribution in [3.8, 4) is 0 Å². The van der Waals surface area contributed by atoms with E-state index in [0.717, 1.165) is 10.2 Å². The molecule has 0 fully saturated rings. The van der Waals surface area contributed by atoms with Gasteiger partial charge in [-0.2, -0.15) is 5.10 Å². The smallest absolute Gasteiger partial charge is 0.186 e. The van der Waals surface area contributed by atoms with Crippen LogP contribution in [0.2, 0.25) is 0 Å². The van der Waals surface area contributed by atoms with Gasteiger partial charge in [-0.15, -0.1) is 0 Å². The maximum atomic E-state index is 12.5. The summed E-state index contributed by atoms with van der Waals surface area (Å²) in [5.74, 6) is -0.156. The lowest BCUT2D eigenvalue weighted by atomic mass is 10.4. The van der Waals surface area contributed by atoms with Crippen LogP contribution in [0, 0.1) is 6.92 Å². The van der Waals surface area contributed by atoms with Crippen molar-refractivity contribution in [3.05, 3.63) is 34.3 Å². The van der Waals surface area contributed by atoms with Gasteiger partial charge in [-0.05, 0) is 35.8 Å². The molecule has 2 aromatic heterocycles. The average Bonchev–Trinajstić information content (AvgIpc) is 2.66. The van der Waals surface area contributed by atoms with Crippen LogP contribution in [0.3, 0.4) is 0 Å². The number of nitrogen functional groups attached to an aromatic ring is 1. The lowest BCUT2D eigenvalue weighted by molar-refractivity contribution is 0.585. The van der Waals surface area contributed by atoms with Crippen molar-refractivity contribution in [2.45, 2.75) is 31.0 Å². The van der Waals surface area contributed by atoms with Crippen molar-refractivity contribution in [1.82, 2.24) is 14.8 Å². The minimum atomic E-state index is -3.54. The minimum absolute atomic E-state index is 0.0981. The molecule has 108 valence electrons. The van der Waals surface area contributed by atoms with Crippen LogP contribution < -0.4 is 5.73 Å². The van der Waals surface area contributed by atoms with Gasteiger partial charge in [-0.1, -0.05) is 0 Å². The van der Waals surface area contributed by atoms with Gasteiger partial charge in [0.05, 0.1) is 38.4 Å². The number of anilines is 1. The molecule has 0 saturated heterocycles. The number of pyridine rings is 1. The second kappa shape index (κ2) is 5.53. The number of nitrogens with two attached hydrogens (primary N) is 1. The molecule has 0 amide bonds. The summed E-state index contributed by atoms with van der Waals surface area (Å²) in [4.78, 5) is 3.90. The molecule has 2 aromatic rings. The number of aryl methyl sites for hydroxylation is 2. The molecule has 0 aliphatic rings. The molecule has 0 bridgehead atoms. The zero-order valence-corrected chi connectivity index (χ0v) is 13.6. The summed E-state index contributed by atoms with van der Waals surface area (Å²) < 4.78 is 27.4. The normalized spacial score (nSPS) is 11.8. The van der Waals surface area contributed by atoms with Crippen molar-refractivity contribution < 1.29 is 8.42 Å². The molecule has 2 heterocycles. The van der Waals surface area contributed by atoms with Crippen LogP contribution in [0.5, 0.6) is 0 Å². The molecule has 0 saturated carbocycles. The number of aromatic nitrogens is 3. The van der Waals surface area contributed by atoms with Crippen LogP contribution >= 0.6 is 15.9 Å². The van der Waals surface area contributed by atoms with E-state index in [1.165, 1.54) is 18.5 Å². The zero-order valence-electron chi connectivity index (χ0n) is 11.2. The fourth-order valence-corrected chi connectivity index (χ4v) is 4.04.